The Morgan fingerprint density at radius 2 is 1.89 bits per heavy atom. The van der Waals surface area contributed by atoms with Gasteiger partial charge in [-0.15, -0.1) is 11.3 Å². The van der Waals surface area contributed by atoms with E-state index in [1.54, 1.807) is 14.2 Å². The molecule has 0 spiro atoms. The highest BCUT2D eigenvalue weighted by atomic mass is 79.9. The summed E-state index contributed by atoms with van der Waals surface area (Å²) < 4.78 is 11.7. The molecular formula is C21H21BrN2O3S. The molecule has 1 amide bonds. The van der Waals surface area contributed by atoms with Gasteiger partial charge in [-0.25, -0.2) is 4.98 Å². The van der Waals surface area contributed by atoms with Crippen LogP contribution in [0, 0.1) is 6.92 Å². The minimum absolute atomic E-state index is 0.103. The highest BCUT2D eigenvalue weighted by Gasteiger charge is 2.17. The summed E-state index contributed by atoms with van der Waals surface area (Å²) in [6, 6.07) is 13.6. The molecule has 0 aliphatic carbocycles. The molecule has 5 nitrogen and oxygen atoms in total. The predicted molar refractivity (Wildman–Crippen MR) is 116 cm³/mol. The van der Waals surface area contributed by atoms with Gasteiger partial charge in [-0.3, -0.25) is 4.79 Å². The maximum Gasteiger partial charge on any atom is 0.263 e. The molecule has 2 aromatic carbocycles. The molecule has 0 radical (unpaired) electrons. The lowest BCUT2D eigenvalue weighted by atomic mass is 10.1. The number of hydrogen-bond donors (Lipinski definition) is 1. The fraction of sp³-hybridized carbons (Fsp3) is 0.238. The van der Waals surface area contributed by atoms with Gasteiger partial charge >= 0.3 is 0 Å². The van der Waals surface area contributed by atoms with Crippen molar-refractivity contribution >= 4 is 33.2 Å². The fourth-order valence-corrected chi connectivity index (χ4v) is 4.25. The summed E-state index contributed by atoms with van der Waals surface area (Å²) in [5.74, 6) is 1.19. The van der Waals surface area contributed by atoms with Gasteiger partial charge in [-0.2, -0.15) is 0 Å². The largest absolute Gasteiger partial charge is 0.493 e. The van der Waals surface area contributed by atoms with Crippen LogP contribution in [-0.4, -0.2) is 31.7 Å². The van der Waals surface area contributed by atoms with Crippen molar-refractivity contribution in [2.75, 3.05) is 20.8 Å². The van der Waals surface area contributed by atoms with Crippen LogP contribution in [0.4, 0.5) is 0 Å². The number of carbonyl (C=O) groups excluding carboxylic acids is 1. The Hall–Kier alpha value is -2.38. The van der Waals surface area contributed by atoms with Crippen LogP contribution in [-0.2, 0) is 6.42 Å². The number of nitrogens with one attached hydrogen (secondary N) is 1. The number of hydrogen-bond acceptors (Lipinski definition) is 5. The predicted octanol–water partition coefficient (Wildman–Crippen LogP) is 4.87. The lowest BCUT2D eigenvalue weighted by Gasteiger charge is -2.08. The second kappa shape index (κ2) is 9.21. The number of methoxy groups -OCH3 is 2. The molecule has 3 aromatic rings. The molecule has 0 aliphatic heterocycles. The number of ether oxygens (including phenoxy) is 2. The van der Waals surface area contributed by atoms with Crippen LogP contribution in [0.5, 0.6) is 11.5 Å². The van der Waals surface area contributed by atoms with Gasteiger partial charge in [-0.1, -0.05) is 34.1 Å². The van der Waals surface area contributed by atoms with Gasteiger partial charge < -0.3 is 14.8 Å². The molecule has 1 aromatic heterocycles. The quantitative estimate of drug-likeness (QED) is 0.546. The monoisotopic (exact) mass is 460 g/mol. The summed E-state index contributed by atoms with van der Waals surface area (Å²) in [7, 11) is 3.19. The standard InChI is InChI=1S/C21H21BrN2O3S/c1-13-19(20(25)23-11-10-14-6-4-5-7-16(14)22)28-21(24-13)15-8-9-17(26-2)18(12-15)27-3/h4-9,12H,10-11H2,1-3H3,(H,23,25). The molecule has 28 heavy (non-hydrogen) atoms. The van der Waals surface area contributed by atoms with E-state index in [2.05, 4.69) is 26.2 Å². The molecule has 0 bridgehead atoms. The summed E-state index contributed by atoms with van der Waals surface area (Å²) in [5, 5.41) is 3.76. The molecule has 0 fully saturated rings. The molecule has 0 saturated heterocycles. The third-order valence-electron chi connectivity index (χ3n) is 4.27. The summed E-state index contributed by atoms with van der Waals surface area (Å²) in [6.45, 7) is 2.41. The first-order chi connectivity index (χ1) is 13.5. The number of benzene rings is 2. The van der Waals surface area contributed by atoms with E-state index in [0.29, 0.717) is 28.6 Å². The zero-order valence-electron chi connectivity index (χ0n) is 15.9. The number of amides is 1. The van der Waals surface area contributed by atoms with Crippen LogP contribution < -0.4 is 14.8 Å². The molecule has 1 heterocycles. The maximum atomic E-state index is 12.6. The van der Waals surface area contributed by atoms with Gasteiger partial charge in [0.25, 0.3) is 5.91 Å². The van der Waals surface area contributed by atoms with Crippen molar-refractivity contribution < 1.29 is 14.3 Å². The molecule has 0 unspecified atom stereocenters. The van der Waals surface area contributed by atoms with E-state index in [1.165, 1.54) is 11.3 Å². The Kier molecular flexibility index (Phi) is 6.70. The number of nitrogens with zero attached hydrogens (tertiary/aromatic N) is 1. The Morgan fingerprint density at radius 3 is 2.61 bits per heavy atom. The highest BCUT2D eigenvalue weighted by Crippen LogP contribution is 2.35. The molecule has 1 N–H and O–H groups in total. The van der Waals surface area contributed by atoms with Gasteiger partial charge in [0.05, 0.1) is 19.9 Å². The van der Waals surface area contributed by atoms with Crippen molar-refractivity contribution in [2.45, 2.75) is 13.3 Å². The third kappa shape index (κ3) is 4.54. The van der Waals surface area contributed by atoms with Crippen LogP contribution in [0.15, 0.2) is 46.9 Å². The number of carbonyl (C=O) groups is 1. The average Bonchev–Trinajstić information content (AvgIpc) is 3.10. The van der Waals surface area contributed by atoms with Crippen molar-refractivity contribution in [1.82, 2.24) is 10.3 Å². The normalized spacial score (nSPS) is 10.6. The zero-order valence-corrected chi connectivity index (χ0v) is 18.3. The van der Waals surface area contributed by atoms with E-state index >= 15 is 0 Å². The van der Waals surface area contributed by atoms with Gasteiger partial charge in [0.1, 0.15) is 9.88 Å². The first-order valence-corrected chi connectivity index (χ1v) is 10.4. The molecule has 7 heteroatoms. The minimum Gasteiger partial charge on any atom is -0.493 e. The summed E-state index contributed by atoms with van der Waals surface area (Å²) >= 11 is 4.91. The molecule has 146 valence electrons. The minimum atomic E-state index is -0.103. The summed E-state index contributed by atoms with van der Waals surface area (Å²) in [5.41, 5.74) is 2.76. The topological polar surface area (TPSA) is 60.5 Å². The van der Waals surface area contributed by atoms with Gasteiger partial charge in [0.2, 0.25) is 0 Å². The van der Waals surface area contributed by atoms with Gasteiger partial charge in [0.15, 0.2) is 11.5 Å². The molecule has 0 aliphatic rings. The van der Waals surface area contributed by atoms with Crippen LogP contribution in [0.25, 0.3) is 10.6 Å². The number of thiazole rings is 1. The van der Waals surface area contributed by atoms with Crippen molar-refractivity contribution in [3.63, 3.8) is 0 Å². The SMILES string of the molecule is COc1ccc(-c2nc(C)c(C(=O)NCCc3ccccc3Br)s2)cc1OC. The second-order valence-electron chi connectivity index (χ2n) is 6.10. The first-order valence-electron chi connectivity index (χ1n) is 8.75. The van der Waals surface area contributed by atoms with E-state index in [-0.39, 0.29) is 5.91 Å². The molecule has 3 rings (SSSR count). The van der Waals surface area contributed by atoms with Crippen LogP contribution in [0.3, 0.4) is 0 Å². The molecule has 0 atom stereocenters. The Labute approximate surface area is 176 Å². The van der Waals surface area contributed by atoms with E-state index in [4.69, 9.17) is 9.47 Å². The Bertz CT molecular complexity index is 988. The first kappa shape index (κ1) is 20.4. The average molecular weight is 461 g/mol. The van der Waals surface area contributed by atoms with Crippen LogP contribution in [0.2, 0.25) is 0 Å². The number of aryl methyl sites for hydroxylation is 1. The number of halogens is 1. The lowest BCUT2D eigenvalue weighted by Crippen LogP contribution is -2.25. The van der Waals surface area contributed by atoms with Gasteiger partial charge in [-0.05, 0) is 43.2 Å². The number of rotatable bonds is 7. The van der Waals surface area contributed by atoms with Crippen molar-refractivity contribution in [3.05, 3.63) is 63.1 Å². The smallest absolute Gasteiger partial charge is 0.263 e. The van der Waals surface area contributed by atoms with Crippen molar-refractivity contribution in [2.24, 2.45) is 0 Å². The third-order valence-corrected chi connectivity index (χ3v) is 6.25. The maximum absolute atomic E-state index is 12.6. The molecular weight excluding hydrogens is 440 g/mol. The summed E-state index contributed by atoms with van der Waals surface area (Å²) in [6.07, 6.45) is 0.757. The van der Waals surface area contributed by atoms with E-state index in [0.717, 1.165) is 27.0 Å². The zero-order chi connectivity index (χ0) is 20.1. The lowest BCUT2D eigenvalue weighted by molar-refractivity contribution is 0.0957. The molecule has 0 saturated carbocycles. The Balaban J connectivity index is 1.71. The van der Waals surface area contributed by atoms with Crippen molar-refractivity contribution in [1.29, 1.82) is 0 Å². The summed E-state index contributed by atoms with van der Waals surface area (Å²) in [4.78, 5) is 17.8. The highest BCUT2D eigenvalue weighted by molar-refractivity contribution is 9.10. The van der Waals surface area contributed by atoms with E-state index < -0.39 is 0 Å². The number of aromatic nitrogens is 1. The van der Waals surface area contributed by atoms with Crippen LogP contribution >= 0.6 is 27.3 Å². The van der Waals surface area contributed by atoms with Gasteiger partial charge in [0, 0.05) is 16.6 Å². The second-order valence-corrected chi connectivity index (χ2v) is 7.95. The van der Waals surface area contributed by atoms with E-state index in [9.17, 15) is 4.79 Å². The van der Waals surface area contributed by atoms with Crippen molar-refractivity contribution in [3.8, 4) is 22.1 Å². The van der Waals surface area contributed by atoms with E-state index in [1.807, 2.05) is 49.4 Å². The van der Waals surface area contributed by atoms with Crippen LogP contribution in [0.1, 0.15) is 20.9 Å². The fourth-order valence-electron chi connectivity index (χ4n) is 2.79. The Morgan fingerprint density at radius 1 is 1.14 bits per heavy atom.